The average molecular weight is 349 g/mol. The van der Waals surface area contributed by atoms with Crippen molar-refractivity contribution in [3.63, 3.8) is 0 Å². The summed E-state index contributed by atoms with van der Waals surface area (Å²) < 4.78 is 3.80. The minimum atomic E-state index is 0.0834. The number of benzene rings is 1. The van der Waals surface area contributed by atoms with E-state index >= 15 is 0 Å². The van der Waals surface area contributed by atoms with E-state index in [0.717, 1.165) is 31.5 Å². The van der Waals surface area contributed by atoms with Crippen molar-refractivity contribution in [1.29, 1.82) is 0 Å². The Kier molecular flexibility index (Phi) is 4.56. The van der Waals surface area contributed by atoms with Crippen LogP contribution < -0.4 is 0 Å². The van der Waals surface area contributed by atoms with Gasteiger partial charge in [-0.3, -0.25) is 4.79 Å². The molecule has 0 aliphatic carbocycles. The first kappa shape index (κ1) is 16.6. The maximum absolute atomic E-state index is 13.4. The second-order valence-electron chi connectivity index (χ2n) is 6.80. The van der Waals surface area contributed by atoms with Crippen LogP contribution in [0.15, 0.2) is 55.2 Å². The van der Waals surface area contributed by atoms with Crippen LogP contribution in [-0.4, -0.2) is 36.7 Å². The second-order valence-corrected chi connectivity index (χ2v) is 6.80. The van der Waals surface area contributed by atoms with Crippen LogP contribution in [0.1, 0.15) is 47.8 Å². The van der Waals surface area contributed by atoms with Gasteiger partial charge in [0.05, 0.1) is 11.7 Å². The molecule has 1 aliphatic rings. The fraction of sp³-hybridized carbons (Fsp3) is 0.350. The van der Waals surface area contributed by atoms with Crippen LogP contribution in [0.3, 0.4) is 0 Å². The predicted molar refractivity (Wildman–Crippen MR) is 99.0 cm³/mol. The van der Waals surface area contributed by atoms with Gasteiger partial charge in [-0.2, -0.15) is 5.10 Å². The van der Waals surface area contributed by atoms with Gasteiger partial charge < -0.3 is 9.47 Å². The third-order valence-corrected chi connectivity index (χ3v) is 5.12. The van der Waals surface area contributed by atoms with Crippen molar-refractivity contribution in [2.45, 2.75) is 31.7 Å². The molecule has 1 saturated heterocycles. The van der Waals surface area contributed by atoms with Crippen LogP contribution in [0.4, 0.5) is 0 Å². The Bertz CT molecular complexity index is 883. The number of hydrogen-bond acceptors (Lipinski definition) is 3. The van der Waals surface area contributed by atoms with E-state index in [1.807, 2.05) is 48.5 Å². The molecule has 0 bridgehead atoms. The highest BCUT2D eigenvalue weighted by Gasteiger charge is 2.29. The number of carbonyl (C=O) groups excluding carboxylic acids is 1. The SMILES string of the molecule is Cn1cccc1C1CCCCCN1C(=O)c1cccc(-n2cncn2)c1. The largest absolute Gasteiger partial charge is 0.353 e. The first-order valence-electron chi connectivity index (χ1n) is 9.11. The highest BCUT2D eigenvalue weighted by Crippen LogP contribution is 2.31. The molecular weight excluding hydrogens is 326 g/mol. The normalized spacial score (nSPS) is 17.9. The summed E-state index contributed by atoms with van der Waals surface area (Å²) in [7, 11) is 2.05. The number of likely N-dealkylation sites (tertiary alicyclic amines) is 1. The molecule has 26 heavy (non-hydrogen) atoms. The molecule has 1 fully saturated rings. The lowest BCUT2D eigenvalue weighted by Gasteiger charge is -2.31. The monoisotopic (exact) mass is 349 g/mol. The molecule has 0 radical (unpaired) electrons. The predicted octanol–water partition coefficient (Wildman–Crippen LogP) is 3.36. The topological polar surface area (TPSA) is 56.0 Å². The highest BCUT2D eigenvalue weighted by atomic mass is 16.2. The number of nitrogens with zero attached hydrogens (tertiary/aromatic N) is 5. The standard InChI is InChI=1S/C20H23N5O/c1-23-11-6-10-18(23)19-9-3-2-4-12-24(19)20(26)16-7-5-8-17(13-16)25-15-21-14-22-25/h5-8,10-11,13-15,19H,2-4,9,12H2,1H3. The number of rotatable bonds is 3. The minimum absolute atomic E-state index is 0.0834. The van der Waals surface area contributed by atoms with Gasteiger partial charge in [0, 0.05) is 31.0 Å². The fourth-order valence-corrected chi connectivity index (χ4v) is 3.77. The molecule has 6 heteroatoms. The van der Waals surface area contributed by atoms with Crippen LogP contribution in [-0.2, 0) is 7.05 Å². The smallest absolute Gasteiger partial charge is 0.254 e. The van der Waals surface area contributed by atoms with Crippen molar-refractivity contribution in [1.82, 2.24) is 24.2 Å². The maximum atomic E-state index is 13.4. The Labute approximate surface area is 153 Å². The Hall–Kier alpha value is -2.89. The molecular formula is C20H23N5O. The van der Waals surface area contributed by atoms with Gasteiger partial charge in [-0.25, -0.2) is 9.67 Å². The maximum Gasteiger partial charge on any atom is 0.254 e. The molecule has 1 aliphatic heterocycles. The van der Waals surface area contributed by atoms with Crippen molar-refractivity contribution in [3.8, 4) is 5.69 Å². The van der Waals surface area contributed by atoms with Gasteiger partial charge in [0.15, 0.2) is 0 Å². The fourth-order valence-electron chi connectivity index (χ4n) is 3.77. The second kappa shape index (κ2) is 7.15. The van der Waals surface area contributed by atoms with Gasteiger partial charge >= 0.3 is 0 Å². The summed E-state index contributed by atoms with van der Waals surface area (Å²) in [5, 5.41) is 4.16. The van der Waals surface area contributed by atoms with Gasteiger partial charge in [0.1, 0.15) is 12.7 Å². The summed E-state index contributed by atoms with van der Waals surface area (Å²) in [6, 6.07) is 11.9. The van der Waals surface area contributed by atoms with Crippen LogP contribution in [0.25, 0.3) is 5.69 Å². The molecule has 1 aromatic carbocycles. The Morgan fingerprint density at radius 2 is 2.08 bits per heavy atom. The van der Waals surface area contributed by atoms with Crippen molar-refractivity contribution in [3.05, 3.63) is 66.5 Å². The molecule has 2 aromatic heterocycles. The Morgan fingerprint density at radius 1 is 1.15 bits per heavy atom. The zero-order chi connectivity index (χ0) is 17.9. The third kappa shape index (κ3) is 3.14. The molecule has 1 unspecified atom stereocenters. The number of carbonyl (C=O) groups is 1. The van der Waals surface area contributed by atoms with E-state index in [-0.39, 0.29) is 11.9 Å². The number of amides is 1. The molecule has 4 rings (SSSR count). The molecule has 6 nitrogen and oxygen atoms in total. The Balaban J connectivity index is 1.67. The zero-order valence-electron chi connectivity index (χ0n) is 15.0. The molecule has 1 amide bonds. The van der Waals surface area contributed by atoms with Crippen LogP contribution >= 0.6 is 0 Å². The quantitative estimate of drug-likeness (QED) is 0.728. The zero-order valence-corrected chi connectivity index (χ0v) is 15.0. The van der Waals surface area contributed by atoms with Gasteiger partial charge in [-0.05, 0) is 43.2 Å². The van der Waals surface area contributed by atoms with Crippen molar-refractivity contribution in [2.24, 2.45) is 7.05 Å². The van der Waals surface area contributed by atoms with Crippen LogP contribution in [0.2, 0.25) is 0 Å². The first-order valence-corrected chi connectivity index (χ1v) is 9.11. The summed E-state index contributed by atoms with van der Waals surface area (Å²) in [5.41, 5.74) is 2.74. The molecule has 0 spiro atoms. The summed E-state index contributed by atoms with van der Waals surface area (Å²) in [4.78, 5) is 19.4. The van der Waals surface area contributed by atoms with E-state index in [0.29, 0.717) is 5.56 Å². The van der Waals surface area contributed by atoms with E-state index in [1.54, 1.807) is 11.0 Å². The summed E-state index contributed by atoms with van der Waals surface area (Å²) in [5.74, 6) is 0.0834. The summed E-state index contributed by atoms with van der Waals surface area (Å²) in [6.45, 7) is 0.794. The molecule has 0 saturated carbocycles. The van der Waals surface area contributed by atoms with Crippen molar-refractivity contribution < 1.29 is 4.79 Å². The van der Waals surface area contributed by atoms with Gasteiger partial charge in [0.25, 0.3) is 5.91 Å². The van der Waals surface area contributed by atoms with Crippen molar-refractivity contribution >= 4 is 5.91 Å². The lowest BCUT2D eigenvalue weighted by atomic mass is 10.0. The van der Waals surface area contributed by atoms with Crippen LogP contribution in [0, 0.1) is 0 Å². The van der Waals surface area contributed by atoms with E-state index in [9.17, 15) is 4.79 Å². The van der Waals surface area contributed by atoms with E-state index in [4.69, 9.17) is 0 Å². The number of hydrogen-bond donors (Lipinski definition) is 0. The van der Waals surface area contributed by atoms with E-state index in [2.05, 4.69) is 20.7 Å². The number of aromatic nitrogens is 4. The lowest BCUT2D eigenvalue weighted by molar-refractivity contribution is 0.0674. The number of aryl methyl sites for hydroxylation is 1. The molecule has 1 atom stereocenters. The average Bonchev–Trinajstić information content (AvgIpc) is 3.29. The van der Waals surface area contributed by atoms with Crippen LogP contribution in [0.5, 0.6) is 0 Å². The van der Waals surface area contributed by atoms with Gasteiger partial charge in [-0.15, -0.1) is 0 Å². The Morgan fingerprint density at radius 3 is 2.85 bits per heavy atom. The van der Waals surface area contributed by atoms with Gasteiger partial charge in [0.2, 0.25) is 0 Å². The summed E-state index contributed by atoms with van der Waals surface area (Å²) >= 11 is 0. The van der Waals surface area contributed by atoms with E-state index in [1.165, 1.54) is 18.4 Å². The molecule has 134 valence electrons. The molecule has 0 N–H and O–H groups in total. The third-order valence-electron chi connectivity index (χ3n) is 5.12. The van der Waals surface area contributed by atoms with Crippen molar-refractivity contribution in [2.75, 3.05) is 6.54 Å². The highest BCUT2D eigenvalue weighted by molar-refractivity contribution is 5.95. The minimum Gasteiger partial charge on any atom is -0.353 e. The molecule has 3 aromatic rings. The molecule has 3 heterocycles. The summed E-state index contributed by atoms with van der Waals surface area (Å²) in [6.07, 6.45) is 9.56. The first-order chi connectivity index (χ1) is 12.7. The lowest BCUT2D eigenvalue weighted by Crippen LogP contribution is -2.35. The van der Waals surface area contributed by atoms with E-state index < -0.39 is 0 Å². The van der Waals surface area contributed by atoms with Gasteiger partial charge in [-0.1, -0.05) is 18.9 Å².